The summed E-state index contributed by atoms with van der Waals surface area (Å²) in [6.45, 7) is 4.42. The van der Waals surface area contributed by atoms with E-state index in [4.69, 9.17) is 4.74 Å². The maximum absolute atomic E-state index is 13.5. The first-order valence-corrected chi connectivity index (χ1v) is 11.6. The summed E-state index contributed by atoms with van der Waals surface area (Å²) >= 11 is 0. The molecule has 2 aromatic heterocycles. The number of benzene rings is 2. The zero-order valence-corrected chi connectivity index (χ0v) is 19.6. The molecule has 0 saturated carbocycles. The van der Waals surface area contributed by atoms with E-state index in [1.54, 1.807) is 36.2 Å². The predicted octanol–water partition coefficient (Wildman–Crippen LogP) is 3.16. The van der Waals surface area contributed by atoms with Gasteiger partial charge in [0.25, 0.3) is 5.56 Å². The molecule has 0 radical (unpaired) electrons. The van der Waals surface area contributed by atoms with E-state index < -0.39 is 0 Å². The van der Waals surface area contributed by atoms with Crippen LogP contribution < -0.4 is 15.2 Å². The van der Waals surface area contributed by atoms with Crippen molar-refractivity contribution in [1.82, 2.24) is 19.4 Å². The van der Waals surface area contributed by atoms with E-state index in [0.29, 0.717) is 29.9 Å². The van der Waals surface area contributed by atoms with E-state index in [-0.39, 0.29) is 5.56 Å². The second-order valence-corrected chi connectivity index (χ2v) is 8.45. The molecule has 0 aliphatic carbocycles. The molecule has 0 atom stereocenters. The molecule has 0 N–H and O–H groups in total. The Morgan fingerprint density at radius 1 is 0.943 bits per heavy atom. The lowest BCUT2D eigenvalue weighted by atomic mass is 9.97. The van der Waals surface area contributed by atoms with E-state index in [9.17, 15) is 10.1 Å². The Hall–Kier alpha value is -4.22. The maximum atomic E-state index is 13.5. The molecule has 2 aromatic carbocycles. The zero-order chi connectivity index (χ0) is 24.2. The summed E-state index contributed by atoms with van der Waals surface area (Å²) in [4.78, 5) is 26.7. The molecule has 3 heterocycles. The molecule has 0 unspecified atom stereocenters. The first-order valence-electron chi connectivity index (χ1n) is 11.6. The van der Waals surface area contributed by atoms with Gasteiger partial charge in [0, 0.05) is 68.0 Å². The van der Waals surface area contributed by atoms with Gasteiger partial charge in [-0.1, -0.05) is 30.3 Å². The summed E-state index contributed by atoms with van der Waals surface area (Å²) in [5.74, 6) is 1.39. The Bertz CT molecular complexity index is 1420. The Morgan fingerprint density at radius 2 is 1.69 bits per heavy atom. The summed E-state index contributed by atoms with van der Waals surface area (Å²) < 4.78 is 7.04. The lowest BCUT2D eigenvalue weighted by Crippen LogP contribution is -2.48. The van der Waals surface area contributed by atoms with Crippen LogP contribution in [0.3, 0.4) is 0 Å². The fourth-order valence-corrected chi connectivity index (χ4v) is 4.65. The molecule has 0 spiro atoms. The van der Waals surface area contributed by atoms with Gasteiger partial charge in [-0.2, -0.15) is 5.26 Å². The molecule has 0 bridgehead atoms. The summed E-state index contributed by atoms with van der Waals surface area (Å²) in [5, 5.41) is 11.5. The van der Waals surface area contributed by atoms with E-state index in [2.05, 4.69) is 25.8 Å². The van der Waals surface area contributed by atoms with Crippen LogP contribution in [0.5, 0.6) is 5.75 Å². The fraction of sp³-hybridized carbons (Fsp3) is 0.259. The van der Waals surface area contributed by atoms with Gasteiger partial charge >= 0.3 is 0 Å². The van der Waals surface area contributed by atoms with Crippen molar-refractivity contribution >= 4 is 16.7 Å². The van der Waals surface area contributed by atoms with Gasteiger partial charge in [-0.15, -0.1) is 0 Å². The smallest absolute Gasteiger partial charge is 0.259 e. The molecule has 8 nitrogen and oxygen atoms in total. The predicted molar refractivity (Wildman–Crippen MR) is 136 cm³/mol. The van der Waals surface area contributed by atoms with Crippen LogP contribution in [0.4, 0.5) is 5.95 Å². The molecule has 1 aliphatic rings. The number of fused-ring (bicyclic) bond motifs is 1. The standard InChI is InChI=1S/C27H26N6O2/c1-35-21-8-9-22-23(18-21)25(20-6-3-2-4-7-20)24(19-28)33(26(22)34)17-14-31-12-15-32(16-13-31)27-29-10-5-11-30-27/h2-11,18H,12-17H2,1H3. The van der Waals surface area contributed by atoms with Crippen LogP contribution in [0.15, 0.2) is 71.8 Å². The number of nitrogens with zero attached hydrogens (tertiary/aromatic N) is 6. The van der Waals surface area contributed by atoms with Crippen molar-refractivity contribution in [2.75, 3.05) is 44.7 Å². The van der Waals surface area contributed by atoms with Crippen molar-refractivity contribution in [3.8, 4) is 22.9 Å². The number of nitriles is 1. The molecule has 0 amide bonds. The molecular formula is C27H26N6O2. The number of ether oxygens (including phenoxy) is 1. The highest BCUT2D eigenvalue weighted by Gasteiger charge is 2.22. The first-order chi connectivity index (χ1) is 17.2. The van der Waals surface area contributed by atoms with Crippen LogP contribution in [0, 0.1) is 11.3 Å². The second-order valence-electron chi connectivity index (χ2n) is 8.45. The third-order valence-corrected chi connectivity index (χ3v) is 6.49. The van der Waals surface area contributed by atoms with Gasteiger partial charge in [-0.05, 0) is 29.8 Å². The normalized spacial score (nSPS) is 14.1. The van der Waals surface area contributed by atoms with Crippen molar-refractivity contribution in [1.29, 1.82) is 5.26 Å². The summed E-state index contributed by atoms with van der Waals surface area (Å²) in [5.41, 5.74) is 1.87. The number of methoxy groups -OCH3 is 1. The highest BCUT2D eigenvalue weighted by atomic mass is 16.5. The van der Waals surface area contributed by atoms with Gasteiger partial charge in [0.15, 0.2) is 0 Å². The number of aromatic nitrogens is 3. The molecule has 5 rings (SSSR count). The number of hydrogen-bond acceptors (Lipinski definition) is 7. The number of piperazine rings is 1. The summed E-state index contributed by atoms with van der Waals surface area (Å²) in [6.07, 6.45) is 3.51. The van der Waals surface area contributed by atoms with Crippen molar-refractivity contribution in [2.45, 2.75) is 6.54 Å². The van der Waals surface area contributed by atoms with Crippen LogP contribution in [-0.2, 0) is 6.54 Å². The third-order valence-electron chi connectivity index (χ3n) is 6.49. The average Bonchev–Trinajstić information content (AvgIpc) is 2.93. The topological polar surface area (TPSA) is 87.3 Å². The van der Waals surface area contributed by atoms with Crippen LogP contribution in [0.1, 0.15) is 5.69 Å². The van der Waals surface area contributed by atoms with Crippen molar-refractivity contribution < 1.29 is 4.74 Å². The van der Waals surface area contributed by atoms with Crippen molar-refractivity contribution in [2.24, 2.45) is 0 Å². The van der Waals surface area contributed by atoms with Gasteiger partial charge in [0.2, 0.25) is 5.95 Å². The Morgan fingerprint density at radius 3 is 2.37 bits per heavy atom. The minimum absolute atomic E-state index is 0.157. The number of pyridine rings is 1. The quantitative estimate of drug-likeness (QED) is 0.431. The van der Waals surface area contributed by atoms with E-state index in [1.807, 2.05) is 42.5 Å². The van der Waals surface area contributed by atoms with Crippen LogP contribution in [0.2, 0.25) is 0 Å². The lowest BCUT2D eigenvalue weighted by Gasteiger charge is -2.34. The van der Waals surface area contributed by atoms with Crippen molar-refractivity contribution in [3.63, 3.8) is 0 Å². The SMILES string of the molecule is COc1ccc2c(=O)n(CCN3CCN(c4ncccn4)CC3)c(C#N)c(-c3ccccc3)c2c1. The second kappa shape index (κ2) is 9.95. The largest absolute Gasteiger partial charge is 0.497 e. The fourth-order valence-electron chi connectivity index (χ4n) is 4.65. The van der Waals surface area contributed by atoms with Crippen LogP contribution in [-0.4, -0.2) is 59.3 Å². The third kappa shape index (κ3) is 4.46. The molecule has 4 aromatic rings. The van der Waals surface area contributed by atoms with Crippen molar-refractivity contribution in [3.05, 3.63) is 83.0 Å². The monoisotopic (exact) mass is 466 g/mol. The molecule has 1 fully saturated rings. The lowest BCUT2D eigenvalue weighted by molar-refractivity contribution is 0.246. The van der Waals surface area contributed by atoms with Crippen LogP contribution in [0.25, 0.3) is 21.9 Å². The van der Waals surface area contributed by atoms with Crippen LogP contribution >= 0.6 is 0 Å². The number of anilines is 1. The minimum atomic E-state index is -0.157. The number of hydrogen-bond donors (Lipinski definition) is 0. The zero-order valence-electron chi connectivity index (χ0n) is 19.6. The Kier molecular flexibility index (Phi) is 6.42. The Balaban J connectivity index is 1.46. The van der Waals surface area contributed by atoms with E-state index in [1.165, 1.54) is 0 Å². The highest BCUT2D eigenvalue weighted by Crippen LogP contribution is 2.32. The molecule has 35 heavy (non-hydrogen) atoms. The summed E-state index contributed by atoms with van der Waals surface area (Å²) in [7, 11) is 1.60. The van der Waals surface area contributed by atoms with Gasteiger partial charge in [0.1, 0.15) is 17.5 Å². The Labute approximate surface area is 203 Å². The van der Waals surface area contributed by atoms with Gasteiger partial charge in [0.05, 0.1) is 7.11 Å². The highest BCUT2D eigenvalue weighted by molar-refractivity contribution is 5.99. The molecular weight excluding hydrogens is 440 g/mol. The molecule has 8 heteroatoms. The molecule has 176 valence electrons. The van der Waals surface area contributed by atoms with Gasteiger partial charge in [-0.25, -0.2) is 9.97 Å². The summed E-state index contributed by atoms with van der Waals surface area (Å²) in [6, 6.07) is 19.3. The van der Waals surface area contributed by atoms with E-state index >= 15 is 0 Å². The minimum Gasteiger partial charge on any atom is -0.497 e. The maximum Gasteiger partial charge on any atom is 0.259 e. The first kappa shape index (κ1) is 22.6. The molecule has 1 aliphatic heterocycles. The average molecular weight is 467 g/mol. The van der Waals surface area contributed by atoms with E-state index in [0.717, 1.165) is 48.6 Å². The van der Waals surface area contributed by atoms with Gasteiger partial charge in [-0.3, -0.25) is 14.3 Å². The number of rotatable bonds is 6. The van der Waals surface area contributed by atoms with Gasteiger partial charge < -0.3 is 9.64 Å². The molecule has 1 saturated heterocycles.